The molecule has 2 heterocycles. The van der Waals surface area contributed by atoms with Gasteiger partial charge < -0.3 is 10.6 Å². The number of amides is 1. The number of hydrogen-bond acceptors (Lipinski definition) is 4. The quantitative estimate of drug-likeness (QED) is 0.846. The third-order valence-corrected chi connectivity index (χ3v) is 6.49. The first-order valence-corrected chi connectivity index (χ1v) is 9.55. The molecule has 0 aliphatic carbocycles. The van der Waals surface area contributed by atoms with Gasteiger partial charge in [0.25, 0.3) is 0 Å². The molecule has 1 aromatic rings. The fraction of sp³-hybridized carbons (Fsp3) is 0.562. The summed E-state index contributed by atoms with van der Waals surface area (Å²) >= 11 is 0. The number of carbonyl (C=O) groups is 1. The van der Waals surface area contributed by atoms with Gasteiger partial charge in [-0.2, -0.15) is 4.31 Å². The number of nitrogens with one attached hydrogen (secondary N) is 2. The number of anilines is 1. The average molecular weight is 374 g/mol. The van der Waals surface area contributed by atoms with Gasteiger partial charge in [0.15, 0.2) is 0 Å². The van der Waals surface area contributed by atoms with Crippen LogP contribution in [0.4, 0.5) is 5.69 Å². The predicted octanol–water partition coefficient (Wildman–Crippen LogP) is 1.76. The highest BCUT2D eigenvalue weighted by Gasteiger charge is 2.30. The van der Waals surface area contributed by atoms with Crippen LogP contribution >= 0.6 is 12.4 Å². The molecule has 1 fully saturated rings. The molecule has 0 aromatic heterocycles. The molecular formula is C16H24ClN3O3S. The van der Waals surface area contributed by atoms with Crippen molar-refractivity contribution in [3.05, 3.63) is 23.8 Å². The monoisotopic (exact) mass is 373 g/mol. The van der Waals surface area contributed by atoms with Gasteiger partial charge in [0.1, 0.15) is 0 Å². The topological polar surface area (TPSA) is 78.5 Å². The van der Waals surface area contributed by atoms with Crippen molar-refractivity contribution in [2.24, 2.45) is 0 Å². The molecule has 8 heteroatoms. The van der Waals surface area contributed by atoms with Crippen LogP contribution in [0.5, 0.6) is 0 Å². The zero-order chi connectivity index (χ0) is 16.4. The molecule has 2 aliphatic heterocycles. The maximum Gasteiger partial charge on any atom is 0.243 e. The Morgan fingerprint density at radius 3 is 2.79 bits per heavy atom. The van der Waals surface area contributed by atoms with Crippen LogP contribution in [-0.2, 0) is 21.2 Å². The molecule has 3 rings (SSSR count). The van der Waals surface area contributed by atoms with Gasteiger partial charge >= 0.3 is 0 Å². The number of fused-ring (bicyclic) bond motifs is 1. The summed E-state index contributed by atoms with van der Waals surface area (Å²) in [4.78, 5) is 11.9. The standard InChI is InChI=1S/C16H23N3O3S.ClH/c1-17-13-5-3-9-19(11-13)23(21,22)14-7-8-15-12(10-14)4-2-6-16(20)18-15;/h7-8,10,13,17H,2-6,9,11H2,1H3,(H,18,20);1H. The number of piperidine rings is 1. The SMILES string of the molecule is CNC1CCCN(S(=O)(=O)c2ccc3c(c2)CCCC(=O)N3)C1.Cl. The highest BCUT2D eigenvalue weighted by atomic mass is 35.5. The highest BCUT2D eigenvalue weighted by molar-refractivity contribution is 7.89. The van der Waals surface area contributed by atoms with Crippen LogP contribution < -0.4 is 10.6 Å². The van der Waals surface area contributed by atoms with Gasteiger partial charge in [-0.05, 0) is 56.5 Å². The fourth-order valence-electron chi connectivity index (χ4n) is 3.26. The Hall–Kier alpha value is -1.15. The Morgan fingerprint density at radius 2 is 2.04 bits per heavy atom. The molecular weight excluding hydrogens is 350 g/mol. The van der Waals surface area contributed by atoms with Crippen molar-refractivity contribution in [1.82, 2.24) is 9.62 Å². The number of sulfonamides is 1. The summed E-state index contributed by atoms with van der Waals surface area (Å²) in [5, 5.41) is 6.01. The Balaban J connectivity index is 0.00000208. The maximum absolute atomic E-state index is 12.9. The summed E-state index contributed by atoms with van der Waals surface area (Å²) in [5.74, 6) is -0.00718. The summed E-state index contributed by atoms with van der Waals surface area (Å²) in [7, 11) is -1.62. The molecule has 0 spiro atoms. The predicted molar refractivity (Wildman–Crippen MR) is 96.1 cm³/mol. The second-order valence-corrected chi connectivity index (χ2v) is 8.15. The van der Waals surface area contributed by atoms with Crippen LogP contribution in [0.3, 0.4) is 0 Å². The van der Waals surface area contributed by atoms with Crippen molar-refractivity contribution >= 4 is 34.0 Å². The van der Waals surface area contributed by atoms with E-state index in [1.165, 1.54) is 0 Å². The lowest BCUT2D eigenvalue weighted by atomic mass is 10.1. The van der Waals surface area contributed by atoms with E-state index in [9.17, 15) is 13.2 Å². The van der Waals surface area contributed by atoms with Gasteiger partial charge in [-0.3, -0.25) is 4.79 Å². The molecule has 6 nitrogen and oxygen atoms in total. The minimum Gasteiger partial charge on any atom is -0.326 e. The number of benzene rings is 1. The molecule has 1 atom stereocenters. The van der Waals surface area contributed by atoms with Crippen LogP contribution in [0.1, 0.15) is 31.2 Å². The molecule has 1 saturated heterocycles. The van der Waals surface area contributed by atoms with Crippen LogP contribution in [0, 0.1) is 0 Å². The number of aryl methyl sites for hydroxylation is 1. The van der Waals surface area contributed by atoms with Gasteiger partial charge in [-0.25, -0.2) is 8.42 Å². The van der Waals surface area contributed by atoms with E-state index in [0.29, 0.717) is 24.4 Å². The van der Waals surface area contributed by atoms with E-state index in [0.717, 1.165) is 36.9 Å². The second-order valence-electron chi connectivity index (χ2n) is 6.21. The molecule has 0 bridgehead atoms. The highest BCUT2D eigenvalue weighted by Crippen LogP contribution is 2.27. The van der Waals surface area contributed by atoms with Crippen LogP contribution in [-0.4, -0.2) is 44.8 Å². The Morgan fingerprint density at radius 1 is 1.25 bits per heavy atom. The average Bonchev–Trinajstić information content (AvgIpc) is 2.74. The lowest BCUT2D eigenvalue weighted by molar-refractivity contribution is -0.116. The summed E-state index contributed by atoms with van der Waals surface area (Å²) in [5.41, 5.74) is 1.64. The summed E-state index contributed by atoms with van der Waals surface area (Å²) in [6, 6.07) is 5.24. The zero-order valence-corrected chi connectivity index (χ0v) is 15.4. The lowest BCUT2D eigenvalue weighted by Crippen LogP contribution is -2.46. The number of rotatable bonds is 3. The van der Waals surface area contributed by atoms with Gasteiger partial charge in [0.05, 0.1) is 4.90 Å². The minimum absolute atomic E-state index is 0. The first-order chi connectivity index (χ1) is 11.0. The molecule has 0 saturated carbocycles. The Bertz CT molecular complexity index is 709. The Kier molecular flexibility index (Phi) is 6.25. The van der Waals surface area contributed by atoms with Gasteiger partial charge in [-0.15, -0.1) is 12.4 Å². The van der Waals surface area contributed by atoms with Gasteiger partial charge in [-0.1, -0.05) is 0 Å². The van der Waals surface area contributed by atoms with Crippen LogP contribution in [0.2, 0.25) is 0 Å². The first-order valence-electron chi connectivity index (χ1n) is 8.11. The van der Waals surface area contributed by atoms with E-state index < -0.39 is 10.0 Å². The first kappa shape index (κ1) is 19.2. The number of likely N-dealkylation sites (N-methyl/N-ethyl adjacent to an activating group) is 1. The lowest BCUT2D eigenvalue weighted by Gasteiger charge is -2.31. The van der Waals surface area contributed by atoms with E-state index in [1.807, 2.05) is 7.05 Å². The van der Waals surface area contributed by atoms with Crippen LogP contribution in [0.15, 0.2) is 23.1 Å². The largest absolute Gasteiger partial charge is 0.326 e. The van der Waals surface area contributed by atoms with Crippen molar-refractivity contribution in [3.63, 3.8) is 0 Å². The molecule has 24 heavy (non-hydrogen) atoms. The molecule has 1 amide bonds. The van der Waals surface area contributed by atoms with E-state index in [4.69, 9.17) is 0 Å². The van der Waals surface area contributed by atoms with Gasteiger partial charge in [0, 0.05) is 31.2 Å². The van der Waals surface area contributed by atoms with E-state index in [2.05, 4.69) is 10.6 Å². The van der Waals surface area contributed by atoms with Crippen molar-refractivity contribution in [2.75, 3.05) is 25.5 Å². The third kappa shape index (κ3) is 3.91. The van der Waals surface area contributed by atoms with E-state index in [1.54, 1.807) is 22.5 Å². The van der Waals surface area contributed by atoms with E-state index in [-0.39, 0.29) is 24.4 Å². The van der Waals surface area contributed by atoms with Crippen molar-refractivity contribution in [1.29, 1.82) is 0 Å². The van der Waals surface area contributed by atoms with E-state index >= 15 is 0 Å². The van der Waals surface area contributed by atoms with Crippen LogP contribution in [0.25, 0.3) is 0 Å². The molecule has 2 N–H and O–H groups in total. The third-order valence-electron chi connectivity index (χ3n) is 4.63. The van der Waals surface area contributed by atoms with Crippen molar-refractivity contribution in [2.45, 2.75) is 43.0 Å². The molecule has 2 aliphatic rings. The summed E-state index contributed by atoms with van der Waals surface area (Å²) in [6.07, 6.45) is 3.81. The second kappa shape index (κ2) is 7.82. The number of nitrogens with zero attached hydrogens (tertiary/aromatic N) is 1. The van der Waals surface area contributed by atoms with Crippen molar-refractivity contribution < 1.29 is 13.2 Å². The summed E-state index contributed by atoms with van der Waals surface area (Å²) < 4.78 is 27.4. The fourth-order valence-corrected chi connectivity index (χ4v) is 4.83. The zero-order valence-electron chi connectivity index (χ0n) is 13.7. The molecule has 1 unspecified atom stereocenters. The van der Waals surface area contributed by atoms with Crippen molar-refractivity contribution in [3.8, 4) is 0 Å². The number of hydrogen-bond donors (Lipinski definition) is 2. The number of halogens is 1. The molecule has 0 radical (unpaired) electrons. The maximum atomic E-state index is 12.9. The normalized spacial score (nSPS) is 22.0. The molecule has 134 valence electrons. The Labute approximate surface area is 149 Å². The van der Waals surface area contributed by atoms with Gasteiger partial charge in [0.2, 0.25) is 15.9 Å². The number of carbonyl (C=O) groups excluding carboxylic acids is 1. The summed E-state index contributed by atoms with van der Waals surface area (Å²) in [6.45, 7) is 1.07. The smallest absolute Gasteiger partial charge is 0.243 e. The molecule has 1 aromatic carbocycles. The minimum atomic E-state index is -3.48.